The van der Waals surface area contributed by atoms with Crippen molar-refractivity contribution in [3.05, 3.63) is 16.7 Å². The third-order valence-electron chi connectivity index (χ3n) is 1.18. The number of pyridine rings is 1. The Balaban J connectivity index is 2.72. The zero-order valence-corrected chi connectivity index (χ0v) is 8.73. The summed E-state index contributed by atoms with van der Waals surface area (Å²) in [6.45, 7) is 0.141. The van der Waals surface area contributed by atoms with E-state index in [1.807, 2.05) is 0 Å². The SMILES string of the molecule is Nc1cc(Br)cnc1SCCO. The van der Waals surface area contributed by atoms with E-state index in [0.29, 0.717) is 11.4 Å². The maximum atomic E-state index is 8.57. The Bertz CT molecular complexity index is 270. The molecule has 3 nitrogen and oxygen atoms in total. The second-order valence-corrected chi connectivity index (χ2v) is 4.12. The molecule has 1 aromatic heterocycles. The molecule has 66 valence electrons. The van der Waals surface area contributed by atoms with Crippen LogP contribution in [-0.2, 0) is 0 Å². The lowest BCUT2D eigenvalue weighted by molar-refractivity contribution is 0.322. The van der Waals surface area contributed by atoms with Gasteiger partial charge in [0, 0.05) is 16.4 Å². The number of nitrogens with two attached hydrogens (primary N) is 1. The summed E-state index contributed by atoms with van der Waals surface area (Å²) in [5.41, 5.74) is 6.31. The van der Waals surface area contributed by atoms with Crippen molar-refractivity contribution in [1.29, 1.82) is 0 Å². The van der Waals surface area contributed by atoms with Crippen LogP contribution in [0.4, 0.5) is 5.69 Å². The van der Waals surface area contributed by atoms with Crippen LogP contribution in [0.15, 0.2) is 21.8 Å². The van der Waals surface area contributed by atoms with Crippen LogP contribution < -0.4 is 5.73 Å². The number of nitrogens with zero attached hydrogens (tertiary/aromatic N) is 1. The Hall–Kier alpha value is -0.260. The van der Waals surface area contributed by atoms with E-state index < -0.39 is 0 Å². The third kappa shape index (κ3) is 2.66. The average Bonchev–Trinajstić information content (AvgIpc) is 2.03. The van der Waals surface area contributed by atoms with E-state index in [0.717, 1.165) is 9.50 Å². The standard InChI is InChI=1S/C7H9BrN2OS/c8-5-3-6(9)7(10-4-5)12-2-1-11/h3-4,11H,1-2,9H2. The van der Waals surface area contributed by atoms with Gasteiger partial charge in [-0.3, -0.25) is 0 Å². The third-order valence-corrected chi connectivity index (χ3v) is 2.61. The monoisotopic (exact) mass is 248 g/mol. The van der Waals surface area contributed by atoms with Gasteiger partial charge in [-0.1, -0.05) is 0 Å². The van der Waals surface area contributed by atoms with Gasteiger partial charge in [-0.2, -0.15) is 0 Å². The molecule has 0 radical (unpaired) electrons. The highest BCUT2D eigenvalue weighted by atomic mass is 79.9. The summed E-state index contributed by atoms with van der Waals surface area (Å²) >= 11 is 4.71. The first-order valence-electron chi connectivity index (χ1n) is 3.38. The molecule has 0 aliphatic rings. The van der Waals surface area contributed by atoms with Crippen LogP contribution in [0.25, 0.3) is 0 Å². The molecule has 0 aromatic carbocycles. The van der Waals surface area contributed by atoms with Crippen molar-refractivity contribution in [2.75, 3.05) is 18.1 Å². The molecule has 0 aliphatic heterocycles. The van der Waals surface area contributed by atoms with Crippen LogP contribution in [0.5, 0.6) is 0 Å². The van der Waals surface area contributed by atoms with Gasteiger partial charge in [-0.25, -0.2) is 4.98 Å². The van der Waals surface area contributed by atoms with E-state index in [-0.39, 0.29) is 6.61 Å². The van der Waals surface area contributed by atoms with Crippen LogP contribution in [0.3, 0.4) is 0 Å². The molecular formula is C7H9BrN2OS. The topological polar surface area (TPSA) is 59.1 Å². The number of hydrogen-bond donors (Lipinski definition) is 2. The Labute approximate surface area is 83.5 Å². The van der Waals surface area contributed by atoms with Crippen LogP contribution >= 0.6 is 27.7 Å². The number of rotatable bonds is 3. The molecule has 0 amide bonds. The first-order chi connectivity index (χ1) is 5.74. The minimum absolute atomic E-state index is 0.141. The van der Waals surface area contributed by atoms with Gasteiger partial charge in [0.1, 0.15) is 5.03 Å². The summed E-state index contributed by atoms with van der Waals surface area (Å²) in [5.74, 6) is 0.624. The van der Waals surface area contributed by atoms with Crippen LogP contribution in [0.2, 0.25) is 0 Å². The highest BCUT2D eigenvalue weighted by Gasteiger charge is 2.00. The normalized spacial score (nSPS) is 10.2. The molecule has 0 saturated carbocycles. The fourth-order valence-corrected chi connectivity index (χ4v) is 1.69. The van der Waals surface area contributed by atoms with Gasteiger partial charge in [0.25, 0.3) is 0 Å². The largest absolute Gasteiger partial charge is 0.397 e. The van der Waals surface area contributed by atoms with Gasteiger partial charge >= 0.3 is 0 Å². The molecule has 1 heterocycles. The minimum atomic E-state index is 0.141. The average molecular weight is 249 g/mol. The first kappa shape index (κ1) is 9.83. The fourth-order valence-electron chi connectivity index (χ4n) is 0.705. The number of hydrogen-bond acceptors (Lipinski definition) is 4. The van der Waals surface area contributed by atoms with E-state index in [1.54, 1.807) is 12.3 Å². The van der Waals surface area contributed by atoms with Gasteiger partial charge in [0.2, 0.25) is 0 Å². The Morgan fingerprint density at radius 2 is 2.42 bits per heavy atom. The summed E-state index contributed by atoms with van der Waals surface area (Å²) < 4.78 is 0.869. The molecule has 0 spiro atoms. The van der Waals surface area contributed by atoms with E-state index in [4.69, 9.17) is 10.8 Å². The van der Waals surface area contributed by atoms with E-state index in [1.165, 1.54) is 11.8 Å². The second kappa shape index (κ2) is 4.69. The Kier molecular flexibility index (Phi) is 3.84. The summed E-state index contributed by atoms with van der Waals surface area (Å²) in [7, 11) is 0. The Morgan fingerprint density at radius 3 is 3.00 bits per heavy atom. The molecular weight excluding hydrogens is 240 g/mol. The molecule has 1 aromatic rings. The number of thioether (sulfide) groups is 1. The molecule has 0 bridgehead atoms. The lowest BCUT2D eigenvalue weighted by Gasteiger charge is -2.02. The number of anilines is 1. The number of aliphatic hydroxyl groups excluding tert-OH is 1. The van der Waals surface area contributed by atoms with Crippen molar-refractivity contribution < 1.29 is 5.11 Å². The van der Waals surface area contributed by atoms with Crippen molar-refractivity contribution in [3.63, 3.8) is 0 Å². The van der Waals surface area contributed by atoms with Crippen LogP contribution in [0, 0.1) is 0 Å². The fraction of sp³-hybridized carbons (Fsp3) is 0.286. The highest BCUT2D eigenvalue weighted by molar-refractivity contribution is 9.10. The van der Waals surface area contributed by atoms with Crippen LogP contribution in [-0.4, -0.2) is 22.5 Å². The molecule has 3 N–H and O–H groups in total. The number of aliphatic hydroxyl groups is 1. The highest BCUT2D eigenvalue weighted by Crippen LogP contribution is 2.24. The van der Waals surface area contributed by atoms with Gasteiger partial charge in [-0.05, 0) is 22.0 Å². The number of halogens is 1. The van der Waals surface area contributed by atoms with Crippen molar-refractivity contribution in [3.8, 4) is 0 Å². The molecule has 5 heteroatoms. The van der Waals surface area contributed by atoms with E-state index in [9.17, 15) is 0 Å². The van der Waals surface area contributed by atoms with E-state index in [2.05, 4.69) is 20.9 Å². The summed E-state index contributed by atoms with van der Waals surface area (Å²) in [4.78, 5) is 4.10. The predicted molar refractivity (Wildman–Crippen MR) is 54.2 cm³/mol. The van der Waals surface area contributed by atoms with Gasteiger partial charge < -0.3 is 10.8 Å². The van der Waals surface area contributed by atoms with Crippen molar-refractivity contribution in [2.24, 2.45) is 0 Å². The zero-order chi connectivity index (χ0) is 8.97. The molecule has 1 rings (SSSR count). The summed E-state index contributed by atoms with van der Waals surface area (Å²) in [6.07, 6.45) is 1.69. The molecule has 0 unspecified atom stereocenters. The molecule has 12 heavy (non-hydrogen) atoms. The van der Waals surface area contributed by atoms with Gasteiger partial charge in [0.05, 0.1) is 12.3 Å². The quantitative estimate of drug-likeness (QED) is 0.797. The van der Waals surface area contributed by atoms with Gasteiger partial charge in [0.15, 0.2) is 0 Å². The molecule has 0 atom stereocenters. The summed E-state index contributed by atoms with van der Waals surface area (Å²) in [5, 5.41) is 9.34. The lowest BCUT2D eigenvalue weighted by atomic mass is 10.4. The van der Waals surface area contributed by atoms with Crippen LogP contribution in [0.1, 0.15) is 0 Å². The molecule has 0 fully saturated rings. The molecule has 0 aliphatic carbocycles. The minimum Gasteiger partial charge on any atom is -0.397 e. The maximum Gasteiger partial charge on any atom is 0.119 e. The Morgan fingerprint density at radius 1 is 1.67 bits per heavy atom. The van der Waals surface area contributed by atoms with Crippen molar-refractivity contribution in [1.82, 2.24) is 4.98 Å². The van der Waals surface area contributed by atoms with Gasteiger partial charge in [-0.15, -0.1) is 11.8 Å². The lowest BCUT2D eigenvalue weighted by Crippen LogP contribution is -1.94. The second-order valence-electron chi connectivity index (χ2n) is 2.12. The first-order valence-corrected chi connectivity index (χ1v) is 5.16. The molecule has 0 saturated heterocycles. The predicted octanol–water partition coefficient (Wildman–Crippen LogP) is 1.51. The zero-order valence-electron chi connectivity index (χ0n) is 6.33. The smallest absolute Gasteiger partial charge is 0.119 e. The summed E-state index contributed by atoms with van der Waals surface area (Å²) in [6, 6.07) is 1.80. The van der Waals surface area contributed by atoms with E-state index >= 15 is 0 Å². The van der Waals surface area contributed by atoms with Crippen molar-refractivity contribution in [2.45, 2.75) is 5.03 Å². The number of aromatic nitrogens is 1. The number of nitrogen functional groups attached to an aromatic ring is 1. The maximum absolute atomic E-state index is 8.57. The van der Waals surface area contributed by atoms with Crippen molar-refractivity contribution >= 4 is 33.4 Å².